The van der Waals surface area contributed by atoms with Gasteiger partial charge in [-0.3, -0.25) is 9.69 Å². The molecule has 1 amide bonds. The van der Waals surface area contributed by atoms with Crippen molar-refractivity contribution < 1.29 is 4.79 Å². The number of nitrogens with zero attached hydrogens (tertiary/aromatic N) is 3. The highest BCUT2D eigenvalue weighted by atomic mass is 35.5. The second-order valence-electron chi connectivity index (χ2n) is 5.37. The summed E-state index contributed by atoms with van der Waals surface area (Å²) >= 11 is 17.5. The van der Waals surface area contributed by atoms with Crippen molar-refractivity contribution in [1.29, 1.82) is 5.26 Å². The molecule has 7 heteroatoms. The van der Waals surface area contributed by atoms with Crippen LogP contribution in [0, 0.1) is 11.3 Å². The maximum atomic E-state index is 12.9. The summed E-state index contributed by atoms with van der Waals surface area (Å²) in [5, 5.41) is 10.0. The largest absolute Gasteiger partial charge is 0.317 e. The Labute approximate surface area is 160 Å². The number of amides is 1. The summed E-state index contributed by atoms with van der Waals surface area (Å²) in [6, 6.07) is 13.9. The molecule has 4 nitrogen and oxygen atoms in total. The first-order valence-electron chi connectivity index (χ1n) is 7.21. The standard InChI is InChI=1S/C18H11Cl2N3OS/c1-22-16(6-11-2-4-12(10-21)5-3-11)17(24)23(18(22)25)15-8-13(19)7-14(20)9-15/h2-9H,1H3. The molecule has 0 N–H and O–H groups in total. The van der Waals surface area contributed by atoms with E-state index in [0.29, 0.717) is 32.1 Å². The third kappa shape index (κ3) is 3.38. The molecule has 124 valence electrons. The van der Waals surface area contributed by atoms with Gasteiger partial charge < -0.3 is 4.90 Å². The molecule has 2 aromatic carbocycles. The second kappa shape index (κ2) is 6.85. The molecule has 0 aromatic heterocycles. The summed E-state index contributed by atoms with van der Waals surface area (Å²) in [5.74, 6) is -0.268. The van der Waals surface area contributed by atoms with Gasteiger partial charge in [-0.15, -0.1) is 0 Å². The van der Waals surface area contributed by atoms with Gasteiger partial charge in [-0.25, -0.2) is 0 Å². The van der Waals surface area contributed by atoms with E-state index in [0.717, 1.165) is 5.56 Å². The molecule has 2 aromatic rings. The van der Waals surface area contributed by atoms with Gasteiger partial charge in [0.2, 0.25) is 0 Å². The van der Waals surface area contributed by atoms with Gasteiger partial charge in [0.05, 0.1) is 17.3 Å². The molecule has 25 heavy (non-hydrogen) atoms. The Hall–Kier alpha value is -2.39. The molecule has 0 radical (unpaired) electrons. The maximum Gasteiger partial charge on any atom is 0.281 e. The number of thiocarbonyl (C=S) groups is 1. The molecular formula is C18H11Cl2N3OS. The fourth-order valence-corrected chi connectivity index (χ4v) is 3.27. The Balaban J connectivity index is 2.00. The third-order valence-electron chi connectivity index (χ3n) is 3.71. The minimum atomic E-state index is -0.268. The minimum Gasteiger partial charge on any atom is -0.317 e. The highest BCUT2D eigenvalue weighted by Crippen LogP contribution is 2.31. The average molecular weight is 388 g/mol. The Morgan fingerprint density at radius 3 is 2.28 bits per heavy atom. The van der Waals surface area contributed by atoms with Gasteiger partial charge >= 0.3 is 0 Å². The van der Waals surface area contributed by atoms with E-state index in [2.05, 4.69) is 6.07 Å². The minimum absolute atomic E-state index is 0.268. The van der Waals surface area contributed by atoms with Crippen molar-refractivity contribution in [3.8, 4) is 6.07 Å². The molecule has 1 aliphatic rings. The number of anilines is 1. The van der Waals surface area contributed by atoms with Gasteiger partial charge in [0, 0.05) is 17.1 Å². The predicted octanol–water partition coefficient (Wildman–Crippen LogP) is 4.47. The zero-order valence-electron chi connectivity index (χ0n) is 13.0. The van der Waals surface area contributed by atoms with Crippen molar-refractivity contribution in [1.82, 2.24) is 4.90 Å². The van der Waals surface area contributed by atoms with E-state index in [-0.39, 0.29) is 5.91 Å². The number of hydrogen-bond acceptors (Lipinski definition) is 3. The number of nitriles is 1. The van der Waals surface area contributed by atoms with Crippen LogP contribution in [0.5, 0.6) is 0 Å². The zero-order valence-corrected chi connectivity index (χ0v) is 15.4. The lowest BCUT2D eigenvalue weighted by atomic mass is 10.1. The Morgan fingerprint density at radius 1 is 1.12 bits per heavy atom. The average Bonchev–Trinajstić information content (AvgIpc) is 2.78. The summed E-state index contributed by atoms with van der Waals surface area (Å²) < 4.78 is 0. The van der Waals surface area contributed by atoms with Crippen LogP contribution in [0.15, 0.2) is 48.2 Å². The summed E-state index contributed by atoms with van der Waals surface area (Å²) in [4.78, 5) is 15.9. The lowest BCUT2D eigenvalue weighted by Crippen LogP contribution is -2.31. The van der Waals surface area contributed by atoms with Crippen molar-refractivity contribution in [3.05, 3.63) is 69.3 Å². The van der Waals surface area contributed by atoms with Crippen molar-refractivity contribution in [2.24, 2.45) is 0 Å². The van der Waals surface area contributed by atoms with Gasteiger partial charge in [-0.2, -0.15) is 5.26 Å². The highest BCUT2D eigenvalue weighted by molar-refractivity contribution is 7.80. The quantitative estimate of drug-likeness (QED) is 0.563. The number of rotatable bonds is 2. The molecule has 0 atom stereocenters. The third-order valence-corrected chi connectivity index (χ3v) is 4.60. The summed E-state index contributed by atoms with van der Waals surface area (Å²) in [6.07, 6.45) is 1.72. The van der Waals surface area contributed by atoms with Crippen LogP contribution >= 0.6 is 35.4 Å². The number of halogens is 2. The van der Waals surface area contributed by atoms with Gasteiger partial charge in [-0.1, -0.05) is 35.3 Å². The SMILES string of the molecule is CN1C(=S)N(c2cc(Cl)cc(Cl)c2)C(=O)C1=Cc1ccc(C#N)cc1. The fraction of sp³-hybridized carbons (Fsp3) is 0.0556. The van der Waals surface area contributed by atoms with E-state index >= 15 is 0 Å². The summed E-state index contributed by atoms with van der Waals surface area (Å²) in [5.41, 5.74) is 2.29. The summed E-state index contributed by atoms with van der Waals surface area (Å²) in [6.45, 7) is 0. The fourth-order valence-electron chi connectivity index (χ4n) is 2.46. The van der Waals surface area contributed by atoms with E-state index in [1.807, 2.05) is 0 Å². The molecule has 0 unspecified atom stereocenters. The monoisotopic (exact) mass is 387 g/mol. The van der Waals surface area contributed by atoms with Crippen LogP contribution in [0.25, 0.3) is 6.08 Å². The number of likely N-dealkylation sites (N-methyl/N-ethyl adjacent to an activating group) is 1. The van der Waals surface area contributed by atoms with Crippen molar-refractivity contribution >= 4 is 58.2 Å². The highest BCUT2D eigenvalue weighted by Gasteiger charge is 2.37. The summed E-state index contributed by atoms with van der Waals surface area (Å²) in [7, 11) is 1.72. The first kappa shape index (κ1) is 17.4. The van der Waals surface area contributed by atoms with Gasteiger partial charge in [0.25, 0.3) is 5.91 Å². The Morgan fingerprint density at radius 2 is 1.72 bits per heavy atom. The second-order valence-corrected chi connectivity index (χ2v) is 6.61. The van der Waals surface area contributed by atoms with Crippen molar-refractivity contribution in [3.63, 3.8) is 0 Å². The van der Waals surface area contributed by atoms with Crippen LogP contribution in [0.3, 0.4) is 0 Å². The normalized spacial score (nSPS) is 15.8. The Kier molecular flexibility index (Phi) is 4.78. The molecule has 3 rings (SSSR count). The van der Waals surface area contributed by atoms with E-state index < -0.39 is 0 Å². The molecule has 1 saturated heterocycles. The van der Waals surface area contributed by atoms with Gasteiger partial charge in [0.15, 0.2) is 5.11 Å². The topological polar surface area (TPSA) is 47.3 Å². The molecule has 1 fully saturated rings. The van der Waals surface area contributed by atoms with E-state index in [9.17, 15) is 4.79 Å². The smallest absolute Gasteiger partial charge is 0.281 e. The van der Waals surface area contributed by atoms with Crippen LogP contribution in [-0.4, -0.2) is 23.0 Å². The lowest BCUT2D eigenvalue weighted by Gasteiger charge is -2.17. The molecule has 1 aliphatic heterocycles. The number of carbonyl (C=O) groups excluding carboxylic acids is 1. The van der Waals surface area contributed by atoms with E-state index in [1.54, 1.807) is 60.5 Å². The van der Waals surface area contributed by atoms with E-state index in [4.69, 9.17) is 40.7 Å². The molecule has 0 saturated carbocycles. The lowest BCUT2D eigenvalue weighted by molar-refractivity contribution is -0.114. The molecular weight excluding hydrogens is 377 g/mol. The molecule has 1 heterocycles. The number of benzene rings is 2. The van der Waals surface area contributed by atoms with Gasteiger partial charge in [-0.05, 0) is 54.2 Å². The van der Waals surface area contributed by atoms with Crippen molar-refractivity contribution in [2.75, 3.05) is 11.9 Å². The Bertz CT molecular complexity index is 928. The molecule has 0 bridgehead atoms. The maximum absolute atomic E-state index is 12.9. The zero-order chi connectivity index (χ0) is 18.1. The predicted molar refractivity (Wildman–Crippen MR) is 103 cm³/mol. The number of carbonyl (C=O) groups is 1. The molecule has 0 spiro atoms. The van der Waals surface area contributed by atoms with E-state index in [1.165, 1.54) is 4.90 Å². The van der Waals surface area contributed by atoms with Crippen LogP contribution in [0.4, 0.5) is 5.69 Å². The number of hydrogen-bond donors (Lipinski definition) is 0. The first-order valence-corrected chi connectivity index (χ1v) is 8.37. The first-order chi connectivity index (χ1) is 11.9. The van der Waals surface area contributed by atoms with Gasteiger partial charge in [0.1, 0.15) is 5.70 Å². The van der Waals surface area contributed by atoms with Crippen LogP contribution in [0.1, 0.15) is 11.1 Å². The van der Waals surface area contributed by atoms with Crippen molar-refractivity contribution in [2.45, 2.75) is 0 Å². The van der Waals surface area contributed by atoms with Crippen LogP contribution < -0.4 is 4.90 Å². The van der Waals surface area contributed by atoms with Crippen LogP contribution in [-0.2, 0) is 4.79 Å². The van der Waals surface area contributed by atoms with Crippen LogP contribution in [0.2, 0.25) is 10.0 Å². The molecule has 0 aliphatic carbocycles.